The highest BCUT2D eigenvalue weighted by atomic mass is 32.2. The van der Waals surface area contributed by atoms with Gasteiger partial charge in [-0.25, -0.2) is 0 Å². The van der Waals surface area contributed by atoms with Crippen LogP contribution in [0.25, 0.3) is 0 Å². The number of hydrogen-bond donors (Lipinski definition) is 0. The van der Waals surface area contributed by atoms with Gasteiger partial charge in [0.25, 0.3) is 10.0 Å². The fourth-order valence-electron chi connectivity index (χ4n) is 3.59. The first-order valence-electron chi connectivity index (χ1n) is 9.54. The number of carbonyl (C=O) groups excluding carboxylic acids is 2. The highest BCUT2D eigenvalue weighted by Crippen LogP contribution is 2.27. The van der Waals surface area contributed by atoms with Crippen LogP contribution in [0.3, 0.4) is 0 Å². The molecule has 1 saturated heterocycles. The zero-order valence-electron chi connectivity index (χ0n) is 16.4. The molecule has 0 saturated carbocycles. The largest absolute Gasteiger partial charge is 0.464 e. The maximum absolute atomic E-state index is 12.4. The monoisotopic (exact) mass is 427 g/mol. The van der Waals surface area contributed by atoms with Gasteiger partial charge in [0, 0.05) is 31.3 Å². The lowest BCUT2D eigenvalue weighted by Crippen LogP contribution is -2.32. The topological polar surface area (TPSA) is 96.3 Å². The molecular formula is C21H21N3O5S. The molecule has 2 heterocycles. The second kappa shape index (κ2) is 7.91. The summed E-state index contributed by atoms with van der Waals surface area (Å²) in [5.41, 5.74) is 1.29. The number of rotatable bonds is 5. The van der Waals surface area contributed by atoms with E-state index < -0.39 is 21.9 Å². The summed E-state index contributed by atoms with van der Waals surface area (Å²) in [7, 11) is -2.00. The Morgan fingerprint density at radius 3 is 2.63 bits per heavy atom. The molecule has 0 aromatic heterocycles. The summed E-state index contributed by atoms with van der Waals surface area (Å²) in [5.74, 6) is -0.736. The lowest BCUT2D eigenvalue weighted by atomic mass is 10.1. The Balaban J connectivity index is 1.33. The van der Waals surface area contributed by atoms with Crippen LogP contribution in [0.15, 0.2) is 63.9 Å². The third kappa shape index (κ3) is 3.80. The number of esters is 1. The number of carbonyl (C=O) groups is 2. The Labute approximate surface area is 174 Å². The summed E-state index contributed by atoms with van der Waals surface area (Å²) in [6, 6.07) is 15.8. The van der Waals surface area contributed by atoms with Gasteiger partial charge >= 0.3 is 5.97 Å². The highest BCUT2D eigenvalue weighted by Gasteiger charge is 2.36. The number of para-hydroxylation sites is 1. The van der Waals surface area contributed by atoms with Crippen LogP contribution in [0, 0.1) is 5.92 Å². The Kier molecular flexibility index (Phi) is 5.29. The normalized spacial score (nSPS) is 19.4. The summed E-state index contributed by atoms with van der Waals surface area (Å²) < 4.78 is 33.5. The van der Waals surface area contributed by atoms with Crippen LogP contribution in [0.1, 0.15) is 12.0 Å². The molecule has 1 atom stereocenters. The van der Waals surface area contributed by atoms with E-state index in [0.717, 1.165) is 5.69 Å². The van der Waals surface area contributed by atoms with Crippen LogP contribution >= 0.6 is 0 Å². The van der Waals surface area contributed by atoms with Gasteiger partial charge in [-0.1, -0.05) is 30.3 Å². The number of ether oxygens (including phenoxy) is 1. The second-order valence-electron chi connectivity index (χ2n) is 7.22. The van der Waals surface area contributed by atoms with Gasteiger partial charge in [-0.2, -0.15) is 8.42 Å². The fourth-order valence-corrected chi connectivity index (χ4v) is 4.85. The number of amidine groups is 1. The Morgan fingerprint density at radius 1 is 1.17 bits per heavy atom. The lowest BCUT2D eigenvalue weighted by molar-refractivity contribution is -0.148. The molecular weight excluding hydrogens is 406 g/mol. The van der Waals surface area contributed by atoms with Crippen LogP contribution in [0.4, 0.5) is 5.69 Å². The minimum Gasteiger partial charge on any atom is -0.464 e. The lowest BCUT2D eigenvalue weighted by Gasteiger charge is -2.19. The van der Waals surface area contributed by atoms with Crippen molar-refractivity contribution in [3.63, 3.8) is 0 Å². The maximum Gasteiger partial charge on any atom is 0.311 e. The number of sulfonamides is 1. The quantitative estimate of drug-likeness (QED) is 0.674. The second-order valence-corrected chi connectivity index (χ2v) is 8.79. The molecule has 1 fully saturated rings. The van der Waals surface area contributed by atoms with E-state index in [0.29, 0.717) is 11.4 Å². The maximum atomic E-state index is 12.4. The van der Waals surface area contributed by atoms with Crippen molar-refractivity contribution in [3.8, 4) is 0 Å². The predicted molar refractivity (Wildman–Crippen MR) is 111 cm³/mol. The fraction of sp³-hybridized carbons (Fsp3) is 0.286. The average molecular weight is 427 g/mol. The number of anilines is 1. The summed E-state index contributed by atoms with van der Waals surface area (Å²) >= 11 is 0. The molecule has 1 unspecified atom stereocenters. The minimum atomic E-state index is -3.70. The third-order valence-electron chi connectivity index (χ3n) is 5.17. The van der Waals surface area contributed by atoms with Gasteiger partial charge < -0.3 is 14.5 Å². The van der Waals surface area contributed by atoms with Crippen LogP contribution < -0.4 is 4.90 Å². The summed E-state index contributed by atoms with van der Waals surface area (Å²) in [5, 5.41) is 0. The molecule has 156 valence electrons. The Morgan fingerprint density at radius 2 is 1.87 bits per heavy atom. The van der Waals surface area contributed by atoms with Gasteiger partial charge in [0.2, 0.25) is 5.91 Å². The van der Waals surface area contributed by atoms with Crippen molar-refractivity contribution in [2.24, 2.45) is 10.3 Å². The molecule has 9 heteroatoms. The molecule has 2 aliphatic rings. The number of hydrogen-bond acceptors (Lipinski definition) is 6. The van der Waals surface area contributed by atoms with Crippen molar-refractivity contribution in [1.82, 2.24) is 4.90 Å². The zero-order chi connectivity index (χ0) is 21.3. The first-order valence-corrected chi connectivity index (χ1v) is 11.0. The highest BCUT2D eigenvalue weighted by molar-refractivity contribution is 7.90. The van der Waals surface area contributed by atoms with Gasteiger partial charge in [-0.3, -0.25) is 9.59 Å². The predicted octanol–water partition coefficient (Wildman–Crippen LogP) is 1.66. The molecule has 2 aliphatic heterocycles. The number of nitrogens with zero attached hydrogens (tertiary/aromatic N) is 3. The molecule has 0 bridgehead atoms. The molecule has 8 nitrogen and oxygen atoms in total. The van der Waals surface area contributed by atoms with Crippen molar-refractivity contribution in [1.29, 1.82) is 0 Å². The first kappa shape index (κ1) is 20.1. The van der Waals surface area contributed by atoms with Gasteiger partial charge in [-0.15, -0.1) is 4.40 Å². The van der Waals surface area contributed by atoms with Crippen molar-refractivity contribution >= 4 is 33.4 Å². The number of amides is 1. The molecule has 4 rings (SSSR count). The van der Waals surface area contributed by atoms with Gasteiger partial charge in [0.15, 0.2) is 5.84 Å². The van der Waals surface area contributed by atoms with Crippen molar-refractivity contribution in [2.45, 2.75) is 11.3 Å². The van der Waals surface area contributed by atoms with Crippen LogP contribution in [0.2, 0.25) is 0 Å². The van der Waals surface area contributed by atoms with Gasteiger partial charge in [0.1, 0.15) is 11.5 Å². The molecule has 2 aromatic carbocycles. The molecule has 0 aliphatic carbocycles. The number of likely N-dealkylation sites (N-methyl/N-ethyl adjacent to an activating group) is 1. The molecule has 30 heavy (non-hydrogen) atoms. The van der Waals surface area contributed by atoms with E-state index in [9.17, 15) is 18.0 Å². The van der Waals surface area contributed by atoms with E-state index in [1.165, 1.54) is 6.07 Å². The summed E-state index contributed by atoms with van der Waals surface area (Å²) in [6.45, 7) is 0.625. The smallest absolute Gasteiger partial charge is 0.311 e. The van der Waals surface area contributed by atoms with E-state index in [2.05, 4.69) is 4.40 Å². The number of benzene rings is 2. The Hall–Kier alpha value is -3.20. The van der Waals surface area contributed by atoms with Crippen molar-refractivity contribution < 1.29 is 22.7 Å². The number of fused-ring (bicyclic) bond motifs is 1. The Bertz CT molecular complexity index is 1110. The van der Waals surface area contributed by atoms with E-state index in [1.807, 2.05) is 30.3 Å². The third-order valence-corrected chi connectivity index (χ3v) is 6.50. The van der Waals surface area contributed by atoms with Crippen LogP contribution in [-0.4, -0.2) is 57.8 Å². The zero-order valence-corrected chi connectivity index (χ0v) is 17.2. The minimum absolute atomic E-state index is 0.0621. The van der Waals surface area contributed by atoms with E-state index in [1.54, 1.807) is 35.0 Å². The summed E-state index contributed by atoms with van der Waals surface area (Å²) in [6.07, 6.45) is 0.113. The van der Waals surface area contributed by atoms with Crippen LogP contribution in [-0.2, 0) is 24.3 Å². The van der Waals surface area contributed by atoms with E-state index >= 15 is 0 Å². The molecule has 0 spiro atoms. The summed E-state index contributed by atoms with van der Waals surface area (Å²) in [4.78, 5) is 28.1. The molecule has 2 aromatic rings. The van der Waals surface area contributed by atoms with Crippen LogP contribution in [0.5, 0.6) is 0 Å². The first-order chi connectivity index (χ1) is 14.4. The van der Waals surface area contributed by atoms with E-state index in [-0.39, 0.29) is 36.9 Å². The molecule has 1 amide bonds. The average Bonchev–Trinajstić information content (AvgIpc) is 3.26. The van der Waals surface area contributed by atoms with Gasteiger partial charge in [0.05, 0.1) is 12.5 Å². The van der Waals surface area contributed by atoms with E-state index in [4.69, 9.17) is 4.74 Å². The molecule has 0 N–H and O–H groups in total. The SMILES string of the molecule is CN(CCOC(=O)C1CC(=O)N(c2ccccc2)C1)C1=NS(=O)(=O)c2ccccc21. The van der Waals surface area contributed by atoms with Crippen molar-refractivity contribution in [2.75, 3.05) is 31.6 Å². The standard InChI is InChI=1S/C21H21N3O5S/c1-23(20-17-9-5-6-10-18(17)30(27,28)22-20)11-12-29-21(26)15-13-19(25)24(14-15)16-7-3-2-4-8-16/h2-10,15H,11-14H2,1H3. The van der Waals surface area contributed by atoms with Crippen molar-refractivity contribution in [3.05, 3.63) is 60.2 Å². The molecule has 0 radical (unpaired) electrons. The van der Waals surface area contributed by atoms with Gasteiger partial charge in [-0.05, 0) is 24.3 Å².